The number of rotatable bonds is 2. The highest BCUT2D eigenvalue weighted by molar-refractivity contribution is 6.29. The van der Waals surface area contributed by atoms with E-state index in [1.54, 1.807) is 0 Å². The molecule has 3 nitrogen and oxygen atoms in total. The fourth-order valence-electron chi connectivity index (χ4n) is 2.85. The van der Waals surface area contributed by atoms with Crippen LogP contribution in [0.3, 0.4) is 0 Å². The largest absolute Gasteiger partial charge is 0.353 e. The molecule has 3 atom stereocenters. The molecule has 0 saturated carbocycles. The van der Waals surface area contributed by atoms with Crippen molar-refractivity contribution < 1.29 is 0 Å². The molecule has 1 aliphatic rings. The SMILES string of the molecule is CC1CC(C)C(C)N(c2cc(Cl)nc(C(C)C)n2)C1. The minimum atomic E-state index is 0.299. The Balaban J connectivity index is 2.34. The van der Waals surface area contributed by atoms with E-state index in [4.69, 9.17) is 16.6 Å². The van der Waals surface area contributed by atoms with Crippen molar-refractivity contribution in [3.05, 3.63) is 17.0 Å². The molecule has 1 fully saturated rings. The second-order valence-corrected chi connectivity index (χ2v) is 6.66. The quantitative estimate of drug-likeness (QED) is 0.764. The number of anilines is 1. The predicted molar refractivity (Wildman–Crippen MR) is 80.9 cm³/mol. The lowest BCUT2D eigenvalue weighted by atomic mass is 9.86. The lowest BCUT2D eigenvalue weighted by Gasteiger charge is -2.42. The fraction of sp³-hybridized carbons (Fsp3) is 0.733. The highest BCUT2D eigenvalue weighted by Gasteiger charge is 2.30. The van der Waals surface area contributed by atoms with Gasteiger partial charge >= 0.3 is 0 Å². The molecule has 0 spiro atoms. The number of hydrogen-bond acceptors (Lipinski definition) is 3. The predicted octanol–water partition coefficient (Wildman–Crippen LogP) is 4.12. The summed E-state index contributed by atoms with van der Waals surface area (Å²) in [6, 6.07) is 2.40. The maximum Gasteiger partial charge on any atom is 0.135 e. The van der Waals surface area contributed by atoms with Crippen LogP contribution >= 0.6 is 11.6 Å². The van der Waals surface area contributed by atoms with Crippen molar-refractivity contribution in [1.82, 2.24) is 9.97 Å². The summed E-state index contributed by atoms with van der Waals surface area (Å²) in [4.78, 5) is 11.4. The Morgan fingerprint density at radius 3 is 2.58 bits per heavy atom. The van der Waals surface area contributed by atoms with E-state index in [2.05, 4.69) is 44.5 Å². The van der Waals surface area contributed by atoms with E-state index in [-0.39, 0.29) is 0 Å². The number of halogens is 1. The molecule has 0 N–H and O–H groups in total. The van der Waals surface area contributed by atoms with E-state index in [0.717, 1.165) is 18.2 Å². The lowest BCUT2D eigenvalue weighted by Crippen LogP contribution is -2.46. The summed E-state index contributed by atoms with van der Waals surface area (Å²) in [7, 11) is 0. The molecule has 0 aromatic carbocycles. The Bertz CT molecular complexity index is 447. The third kappa shape index (κ3) is 3.19. The van der Waals surface area contributed by atoms with Gasteiger partial charge in [-0.3, -0.25) is 0 Å². The van der Waals surface area contributed by atoms with Crippen molar-refractivity contribution in [2.45, 2.75) is 53.0 Å². The van der Waals surface area contributed by atoms with Crippen LogP contribution in [0.4, 0.5) is 5.82 Å². The molecule has 0 aliphatic carbocycles. The summed E-state index contributed by atoms with van der Waals surface area (Å²) >= 11 is 6.16. The van der Waals surface area contributed by atoms with Crippen LogP contribution in [-0.4, -0.2) is 22.6 Å². The van der Waals surface area contributed by atoms with E-state index in [1.165, 1.54) is 6.42 Å². The molecule has 1 aromatic rings. The van der Waals surface area contributed by atoms with Gasteiger partial charge in [-0.15, -0.1) is 0 Å². The van der Waals surface area contributed by atoms with E-state index in [1.807, 2.05) is 6.07 Å². The summed E-state index contributed by atoms with van der Waals surface area (Å²) in [5.41, 5.74) is 0. The van der Waals surface area contributed by atoms with Crippen LogP contribution in [0.1, 0.15) is 52.8 Å². The summed E-state index contributed by atoms with van der Waals surface area (Å²) < 4.78 is 0. The molecule has 1 aliphatic heterocycles. The molecule has 19 heavy (non-hydrogen) atoms. The van der Waals surface area contributed by atoms with Crippen LogP contribution in [0.2, 0.25) is 5.15 Å². The first-order valence-electron chi connectivity index (χ1n) is 7.19. The minimum absolute atomic E-state index is 0.299. The van der Waals surface area contributed by atoms with E-state index in [9.17, 15) is 0 Å². The normalized spacial score (nSPS) is 27.9. The standard InChI is InChI=1S/C15H24ClN3/c1-9(2)15-17-13(16)7-14(18-15)19-8-10(3)6-11(4)12(19)5/h7,9-12H,6,8H2,1-5H3. The average Bonchev–Trinajstić information content (AvgIpc) is 2.32. The molecule has 106 valence electrons. The Morgan fingerprint density at radius 1 is 1.26 bits per heavy atom. The number of piperidine rings is 1. The van der Waals surface area contributed by atoms with Gasteiger partial charge < -0.3 is 4.90 Å². The van der Waals surface area contributed by atoms with Gasteiger partial charge in [0.1, 0.15) is 16.8 Å². The van der Waals surface area contributed by atoms with Crippen LogP contribution in [0.25, 0.3) is 0 Å². The summed E-state index contributed by atoms with van der Waals surface area (Å²) in [5.74, 6) is 3.49. The van der Waals surface area contributed by atoms with Gasteiger partial charge in [0.05, 0.1) is 0 Å². The van der Waals surface area contributed by atoms with Gasteiger partial charge in [0.25, 0.3) is 0 Å². The maximum atomic E-state index is 6.16. The maximum absolute atomic E-state index is 6.16. The fourth-order valence-corrected chi connectivity index (χ4v) is 3.03. The smallest absolute Gasteiger partial charge is 0.135 e. The molecule has 0 bridgehead atoms. The highest BCUT2D eigenvalue weighted by Crippen LogP contribution is 2.31. The van der Waals surface area contributed by atoms with Crippen LogP contribution in [0.5, 0.6) is 0 Å². The van der Waals surface area contributed by atoms with E-state index < -0.39 is 0 Å². The van der Waals surface area contributed by atoms with Gasteiger partial charge in [-0.2, -0.15) is 0 Å². The molecule has 0 amide bonds. The first kappa shape index (κ1) is 14.6. The molecule has 0 radical (unpaired) electrons. The molecule has 1 aromatic heterocycles. The van der Waals surface area contributed by atoms with Crippen LogP contribution in [0.15, 0.2) is 6.07 Å². The van der Waals surface area contributed by atoms with Crippen molar-refractivity contribution in [3.63, 3.8) is 0 Å². The average molecular weight is 282 g/mol. The van der Waals surface area contributed by atoms with Crippen LogP contribution in [0, 0.1) is 11.8 Å². The Hall–Kier alpha value is -0.830. The molecular formula is C15H24ClN3. The Kier molecular flexibility index (Phi) is 4.34. The highest BCUT2D eigenvalue weighted by atomic mass is 35.5. The summed E-state index contributed by atoms with van der Waals surface area (Å²) in [5, 5.41) is 0.548. The van der Waals surface area contributed by atoms with Crippen LogP contribution < -0.4 is 4.90 Å². The van der Waals surface area contributed by atoms with Crippen LogP contribution in [-0.2, 0) is 0 Å². The van der Waals surface area contributed by atoms with E-state index in [0.29, 0.717) is 28.9 Å². The summed E-state index contributed by atoms with van der Waals surface area (Å²) in [6.07, 6.45) is 1.29. The van der Waals surface area contributed by atoms with Gasteiger partial charge in [0, 0.05) is 24.6 Å². The third-order valence-corrected chi connectivity index (χ3v) is 4.30. The molecule has 2 heterocycles. The van der Waals surface area contributed by atoms with Crippen molar-refractivity contribution >= 4 is 17.4 Å². The lowest BCUT2D eigenvalue weighted by molar-refractivity contribution is 0.295. The van der Waals surface area contributed by atoms with Gasteiger partial charge in [0.15, 0.2) is 0 Å². The molecule has 3 unspecified atom stereocenters. The Morgan fingerprint density at radius 2 is 1.95 bits per heavy atom. The molecule has 2 rings (SSSR count). The zero-order valence-electron chi connectivity index (χ0n) is 12.5. The van der Waals surface area contributed by atoms with Gasteiger partial charge in [-0.25, -0.2) is 9.97 Å². The third-order valence-electron chi connectivity index (χ3n) is 4.11. The monoisotopic (exact) mass is 281 g/mol. The second kappa shape index (κ2) is 5.66. The summed E-state index contributed by atoms with van der Waals surface area (Å²) in [6.45, 7) is 12.2. The number of nitrogens with zero attached hydrogens (tertiary/aromatic N) is 3. The van der Waals surface area contributed by atoms with E-state index >= 15 is 0 Å². The van der Waals surface area contributed by atoms with Crippen molar-refractivity contribution in [3.8, 4) is 0 Å². The molecular weight excluding hydrogens is 258 g/mol. The van der Waals surface area contributed by atoms with Crippen molar-refractivity contribution in [1.29, 1.82) is 0 Å². The molecule has 4 heteroatoms. The van der Waals surface area contributed by atoms with Gasteiger partial charge in [-0.05, 0) is 25.2 Å². The first-order valence-corrected chi connectivity index (χ1v) is 7.57. The topological polar surface area (TPSA) is 29.0 Å². The van der Waals surface area contributed by atoms with Gasteiger partial charge in [0.2, 0.25) is 0 Å². The molecule has 1 saturated heterocycles. The number of aromatic nitrogens is 2. The Labute approximate surface area is 121 Å². The minimum Gasteiger partial charge on any atom is -0.353 e. The second-order valence-electron chi connectivity index (χ2n) is 6.27. The van der Waals surface area contributed by atoms with Gasteiger partial charge in [-0.1, -0.05) is 39.3 Å². The zero-order valence-corrected chi connectivity index (χ0v) is 13.3. The van der Waals surface area contributed by atoms with Crippen molar-refractivity contribution in [2.75, 3.05) is 11.4 Å². The zero-order chi connectivity index (χ0) is 14.2. The van der Waals surface area contributed by atoms with Crippen molar-refractivity contribution in [2.24, 2.45) is 11.8 Å². The number of hydrogen-bond donors (Lipinski definition) is 0. The first-order chi connectivity index (χ1) is 8.88.